The van der Waals surface area contributed by atoms with Crippen molar-refractivity contribution in [3.8, 4) is 11.8 Å². The van der Waals surface area contributed by atoms with E-state index >= 15 is 0 Å². The third-order valence-electron chi connectivity index (χ3n) is 3.20. The van der Waals surface area contributed by atoms with E-state index in [1.165, 1.54) is 11.3 Å². The van der Waals surface area contributed by atoms with E-state index < -0.39 is 6.09 Å². The van der Waals surface area contributed by atoms with Crippen LogP contribution in [0.1, 0.15) is 15.3 Å². The van der Waals surface area contributed by atoms with Gasteiger partial charge in [-0.25, -0.2) is 4.79 Å². The first-order valence-electron chi connectivity index (χ1n) is 7.54. The number of anilines is 1. The van der Waals surface area contributed by atoms with Gasteiger partial charge in [0.2, 0.25) is 0 Å². The number of halogens is 1. The van der Waals surface area contributed by atoms with Crippen LogP contribution >= 0.6 is 22.9 Å². The van der Waals surface area contributed by atoms with Crippen molar-refractivity contribution in [2.24, 2.45) is 0 Å². The Morgan fingerprint density at radius 1 is 1.00 bits per heavy atom. The van der Waals surface area contributed by atoms with Crippen LogP contribution in [0.3, 0.4) is 0 Å². The van der Waals surface area contributed by atoms with Crippen molar-refractivity contribution in [3.63, 3.8) is 0 Å². The molecule has 0 spiro atoms. The fourth-order valence-electron chi connectivity index (χ4n) is 2.00. The number of thiophene rings is 1. The van der Waals surface area contributed by atoms with E-state index in [0.717, 1.165) is 15.3 Å². The zero-order valence-electron chi connectivity index (χ0n) is 13.2. The molecule has 0 fully saturated rings. The Kier molecular flexibility index (Phi) is 5.73. The van der Waals surface area contributed by atoms with Gasteiger partial charge >= 0.3 is 6.09 Å². The van der Waals surface area contributed by atoms with Crippen molar-refractivity contribution >= 4 is 34.7 Å². The predicted octanol–water partition coefficient (Wildman–Crippen LogP) is 5.55. The number of carbonyl (C=O) groups excluding carboxylic acids is 1. The van der Waals surface area contributed by atoms with Crippen molar-refractivity contribution < 1.29 is 9.53 Å². The third-order valence-corrected chi connectivity index (χ3v) is 4.43. The van der Waals surface area contributed by atoms with Crippen LogP contribution in [0.5, 0.6) is 0 Å². The largest absolute Gasteiger partial charge is 0.444 e. The lowest BCUT2D eigenvalue weighted by atomic mass is 10.2. The summed E-state index contributed by atoms with van der Waals surface area (Å²) >= 11 is 7.31. The highest BCUT2D eigenvalue weighted by Gasteiger charge is 2.05. The normalized spacial score (nSPS) is 9.80. The number of hydrogen-bond acceptors (Lipinski definition) is 3. The monoisotopic (exact) mass is 367 g/mol. The summed E-state index contributed by atoms with van der Waals surface area (Å²) in [4.78, 5) is 13.7. The standard InChI is InChI=1S/C20H14ClNO2S/c21-16-7-9-17(10-8-16)22-20(23)24-14-19-13-12-18(25-19)11-6-15-4-2-1-3-5-15/h1-5,7-10,12-13H,14H2,(H,22,23). The molecule has 0 aliphatic carbocycles. The van der Waals surface area contributed by atoms with Gasteiger partial charge in [0.05, 0.1) is 4.88 Å². The first kappa shape index (κ1) is 17.1. The van der Waals surface area contributed by atoms with Gasteiger partial charge in [0.25, 0.3) is 0 Å². The molecule has 124 valence electrons. The summed E-state index contributed by atoms with van der Waals surface area (Å²) < 4.78 is 5.22. The maximum atomic E-state index is 11.8. The van der Waals surface area contributed by atoms with Gasteiger partial charge in [-0.3, -0.25) is 5.32 Å². The molecule has 3 aromatic rings. The van der Waals surface area contributed by atoms with Crippen molar-refractivity contribution in [2.45, 2.75) is 6.61 Å². The summed E-state index contributed by atoms with van der Waals surface area (Å²) in [5, 5.41) is 3.26. The second-order valence-corrected chi connectivity index (χ2v) is 6.69. The van der Waals surface area contributed by atoms with Crippen LogP contribution in [-0.4, -0.2) is 6.09 Å². The van der Waals surface area contributed by atoms with Gasteiger partial charge < -0.3 is 4.74 Å². The van der Waals surface area contributed by atoms with E-state index in [0.29, 0.717) is 10.7 Å². The average Bonchev–Trinajstić information content (AvgIpc) is 3.09. The van der Waals surface area contributed by atoms with Crippen LogP contribution in [-0.2, 0) is 11.3 Å². The summed E-state index contributed by atoms with van der Waals surface area (Å²) in [5.74, 6) is 6.22. The van der Waals surface area contributed by atoms with Crippen molar-refractivity contribution in [1.82, 2.24) is 0 Å². The number of hydrogen-bond donors (Lipinski definition) is 1. The highest BCUT2D eigenvalue weighted by atomic mass is 35.5. The van der Waals surface area contributed by atoms with Gasteiger partial charge in [-0.05, 0) is 48.5 Å². The number of carbonyl (C=O) groups is 1. The Morgan fingerprint density at radius 3 is 2.52 bits per heavy atom. The topological polar surface area (TPSA) is 38.3 Å². The SMILES string of the molecule is O=C(Nc1ccc(Cl)cc1)OCc1ccc(C#Cc2ccccc2)s1. The fraction of sp³-hybridized carbons (Fsp3) is 0.0500. The first-order chi connectivity index (χ1) is 12.2. The number of nitrogens with one attached hydrogen (secondary N) is 1. The molecule has 0 atom stereocenters. The van der Waals surface area contributed by atoms with E-state index in [4.69, 9.17) is 16.3 Å². The molecule has 1 aromatic heterocycles. The van der Waals surface area contributed by atoms with Gasteiger partial charge in [0.1, 0.15) is 6.61 Å². The molecule has 2 aromatic carbocycles. The Bertz CT molecular complexity index is 908. The number of benzene rings is 2. The lowest BCUT2D eigenvalue weighted by Gasteiger charge is -2.05. The minimum atomic E-state index is -0.507. The summed E-state index contributed by atoms with van der Waals surface area (Å²) in [7, 11) is 0. The van der Waals surface area contributed by atoms with Crippen LogP contribution in [0, 0.1) is 11.8 Å². The second-order valence-electron chi connectivity index (χ2n) is 5.09. The number of amides is 1. The molecular weight excluding hydrogens is 354 g/mol. The van der Waals surface area contributed by atoms with Crippen LogP contribution in [0.15, 0.2) is 66.7 Å². The Morgan fingerprint density at radius 2 is 1.76 bits per heavy atom. The van der Waals surface area contributed by atoms with Gasteiger partial charge in [0.15, 0.2) is 0 Å². The quantitative estimate of drug-likeness (QED) is 0.616. The highest BCUT2D eigenvalue weighted by Crippen LogP contribution is 2.17. The molecular formula is C20H14ClNO2S. The minimum Gasteiger partial charge on any atom is -0.444 e. The molecule has 3 nitrogen and oxygen atoms in total. The number of ether oxygens (including phenoxy) is 1. The van der Waals surface area contributed by atoms with E-state index in [9.17, 15) is 4.79 Å². The van der Waals surface area contributed by atoms with E-state index in [1.807, 2.05) is 42.5 Å². The summed E-state index contributed by atoms with van der Waals surface area (Å²) in [6.45, 7) is 0.205. The molecule has 5 heteroatoms. The molecule has 0 aliphatic heterocycles. The minimum absolute atomic E-state index is 0.205. The molecule has 0 saturated heterocycles. The Labute approximate surface area is 155 Å². The molecule has 0 radical (unpaired) electrons. The molecule has 0 saturated carbocycles. The van der Waals surface area contributed by atoms with Crippen molar-refractivity contribution in [1.29, 1.82) is 0 Å². The summed E-state index contributed by atoms with van der Waals surface area (Å²) in [5.41, 5.74) is 1.60. The van der Waals surface area contributed by atoms with Crippen LogP contribution in [0.4, 0.5) is 10.5 Å². The highest BCUT2D eigenvalue weighted by molar-refractivity contribution is 7.12. The zero-order chi connectivity index (χ0) is 17.5. The lowest BCUT2D eigenvalue weighted by molar-refractivity contribution is 0.156. The average molecular weight is 368 g/mol. The van der Waals surface area contributed by atoms with Crippen LogP contribution < -0.4 is 5.32 Å². The first-order valence-corrected chi connectivity index (χ1v) is 8.73. The zero-order valence-corrected chi connectivity index (χ0v) is 14.7. The molecule has 1 amide bonds. The van der Waals surface area contributed by atoms with Crippen LogP contribution in [0.25, 0.3) is 0 Å². The van der Waals surface area contributed by atoms with Gasteiger partial charge in [-0.2, -0.15) is 0 Å². The van der Waals surface area contributed by atoms with Crippen molar-refractivity contribution in [3.05, 3.63) is 87.1 Å². The van der Waals surface area contributed by atoms with Crippen LogP contribution in [0.2, 0.25) is 5.02 Å². The van der Waals surface area contributed by atoms with Gasteiger partial charge in [-0.1, -0.05) is 41.6 Å². The maximum Gasteiger partial charge on any atom is 0.411 e. The molecule has 0 unspecified atom stereocenters. The second kappa shape index (κ2) is 8.39. The van der Waals surface area contributed by atoms with Gasteiger partial charge in [0, 0.05) is 21.2 Å². The Balaban J connectivity index is 1.52. The lowest BCUT2D eigenvalue weighted by Crippen LogP contribution is -2.12. The fourth-order valence-corrected chi connectivity index (χ4v) is 2.90. The molecule has 25 heavy (non-hydrogen) atoms. The molecule has 0 bridgehead atoms. The third kappa shape index (κ3) is 5.39. The maximum absolute atomic E-state index is 11.8. The van der Waals surface area contributed by atoms with E-state index in [1.54, 1.807) is 24.3 Å². The van der Waals surface area contributed by atoms with Crippen molar-refractivity contribution in [2.75, 3.05) is 5.32 Å². The summed E-state index contributed by atoms with van der Waals surface area (Å²) in [6.07, 6.45) is -0.507. The molecule has 1 heterocycles. The predicted molar refractivity (Wildman–Crippen MR) is 102 cm³/mol. The number of rotatable bonds is 3. The van der Waals surface area contributed by atoms with Gasteiger partial charge in [-0.15, -0.1) is 11.3 Å². The van der Waals surface area contributed by atoms with E-state index in [-0.39, 0.29) is 6.61 Å². The Hall–Kier alpha value is -2.74. The summed E-state index contributed by atoms with van der Waals surface area (Å²) in [6, 6.07) is 20.5. The molecule has 0 aliphatic rings. The molecule has 3 rings (SSSR count). The van der Waals surface area contributed by atoms with E-state index in [2.05, 4.69) is 17.2 Å². The smallest absolute Gasteiger partial charge is 0.411 e. The molecule has 1 N–H and O–H groups in total.